The van der Waals surface area contributed by atoms with Gasteiger partial charge < -0.3 is 0 Å². The Bertz CT molecular complexity index is 68.4. The van der Waals surface area contributed by atoms with Crippen molar-refractivity contribution in [3.63, 3.8) is 0 Å². The van der Waals surface area contributed by atoms with Crippen LogP contribution in [0.2, 0.25) is 0 Å². The molecule has 0 heterocycles. The molecule has 0 aromatic rings. The minimum atomic E-state index is -3.90. The molecule has 8 heavy (non-hydrogen) atoms. The van der Waals surface area contributed by atoms with E-state index in [-0.39, 0.29) is 0 Å². The van der Waals surface area contributed by atoms with Crippen molar-refractivity contribution in [2.24, 2.45) is 0 Å². The van der Waals surface area contributed by atoms with Gasteiger partial charge in [0.25, 0.3) is 0 Å². The summed E-state index contributed by atoms with van der Waals surface area (Å²) < 4.78 is 45.3. The number of alkyl halides is 4. The molecular weight excluding hydrogens is 124 g/mol. The van der Waals surface area contributed by atoms with Crippen molar-refractivity contribution in [1.82, 2.24) is 0 Å². The molecule has 0 saturated heterocycles. The third-order valence-corrected chi connectivity index (χ3v) is 0.636. The lowest BCUT2D eigenvalue weighted by Gasteiger charge is -2.11. The minimum Gasteiger partial charge on any atom is -0.244 e. The first kappa shape index (κ1) is 7.72. The Hall–Kier alpha value is -0.280. The van der Waals surface area contributed by atoms with E-state index in [2.05, 4.69) is 6.92 Å². The topological polar surface area (TPSA) is 0 Å². The van der Waals surface area contributed by atoms with Gasteiger partial charge in [0, 0.05) is 0 Å². The van der Waals surface area contributed by atoms with Gasteiger partial charge in [0.15, 0.2) is 12.8 Å². The molecule has 0 aliphatic rings. The average Bonchev–Trinajstić information content (AvgIpc) is 1.67. The van der Waals surface area contributed by atoms with Crippen LogP contribution in [-0.2, 0) is 0 Å². The molecule has 0 aliphatic heterocycles. The molecule has 0 aromatic carbocycles. The van der Waals surface area contributed by atoms with Crippen LogP contribution >= 0.6 is 0 Å². The Labute approximate surface area is 44.5 Å². The predicted molar refractivity (Wildman–Crippen MR) is 21.2 cm³/mol. The second kappa shape index (κ2) is 2.33. The van der Waals surface area contributed by atoms with Gasteiger partial charge >= 0.3 is 5.92 Å². The molecule has 49 valence electrons. The smallest absolute Gasteiger partial charge is 0.244 e. The molecule has 0 aromatic heterocycles. The van der Waals surface area contributed by atoms with Gasteiger partial charge in [0.05, 0.1) is 0 Å². The molecule has 0 aliphatic carbocycles. The molecule has 0 spiro atoms. The third-order valence-electron chi connectivity index (χ3n) is 0.636. The lowest BCUT2D eigenvalue weighted by atomic mass is 10.3. The largest absolute Gasteiger partial charge is 0.306 e. The van der Waals surface area contributed by atoms with Crippen LogP contribution < -0.4 is 0 Å². The second-order valence-corrected chi connectivity index (χ2v) is 1.36. The van der Waals surface area contributed by atoms with Crippen molar-refractivity contribution >= 4 is 0 Å². The van der Waals surface area contributed by atoms with Gasteiger partial charge in [-0.25, -0.2) is 17.6 Å². The quantitative estimate of drug-likeness (QED) is 0.498. The van der Waals surface area contributed by atoms with Crippen molar-refractivity contribution in [2.45, 2.75) is 12.1 Å². The first-order valence-corrected chi connectivity index (χ1v) is 1.91. The van der Waals surface area contributed by atoms with E-state index in [1.165, 1.54) is 0 Å². The number of hydrogen-bond acceptors (Lipinski definition) is 0. The van der Waals surface area contributed by atoms with E-state index in [1.54, 1.807) is 0 Å². The lowest BCUT2D eigenvalue weighted by molar-refractivity contribution is -0.0716. The lowest BCUT2D eigenvalue weighted by Crippen LogP contribution is -2.29. The Balaban J connectivity index is 3.71. The summed E-state index contributed by atoms with van der Waals surface area (Å²) in [5.41, 5.74) is 0. The van der Waals surface area contributed by atoms with Crippen LogP contribution in [-0.4, -0.2) is 18.8 Å². The Morgan fingerprint density at radius 2 is 1.88 bits per heavy atom. The number of halogens is 4. The molecule has 1 radical (unpaired) electrons. The van der Waals surface area contributed by atoms with Crippen LogP contribution in [0.5, 0.6) is 0 Å². The van der Waals surface area contributed by atoms with Gasteiger partial charge in [-0.2, -0.15) is 0 Å². The van der Waals surface area contributed by atoms with Crippen LogP contribution in [0, 0.1) is 6.92 Å². The summed E-state index contributed by atoms with van der Waals surface area (Å²) in [6, 6.07) is 0. The van der Waals surface area contributed by atoms with Gasteiger partial charge in [-0.1, -0.05) is 0 Å². The minimum absolute atomic E-state index is 1.99. The van der Waals surface area contributed by atoms with E-state index in [0.717, 1.165) is 0 Å². The summed E-state index contributed by atoms with van der Waals surface area (Å²) >= 11 is 0. The van der Waals surface area contributed by atoms with Crippen molar-refractivity contribution in [3.05, 3.63) is 6.92 Å². The van der Waals surface area contributed by atoms with Crippen molar-refractivity contribution < 1.29 is 17.6 Å². The maximum absolute atomic E-state index is 11.5. The maximum atomic E-state index is 11.5. The first-order valence-electron chi connectivity index (χ1n) is 1.91. The highest BCUT2D eigenvalue weighted by Crippen LogP contribution is 2.20. The zero-order valence-electron chi connectivity index (χ0n) is 4.00. The van der Waals surface area contributed by atoms with Crippen LogP contribution in [0.15, 0.2) is 0 Å². The van der Waals surface area contributed by atoms with Gasteiger partial charge in [0.2, 0.25) is 0 Å². The molecule has 0 saturated carbocycles. The van der Waals surface area contributed by atoms with E-state index in [1.807, 2.05) is 0 Å². The van der Waals surface area contributed by atoms with E-state index in [4.69, 9.17) is 0 Å². The Kier molecular flexibility index (Phi) is 2.25. The molecule has 0 rings (SSSR count). The maximum Gasteiger partial charge on any atom is 0.306 e. The summed E-state index contributed by atoms with van der Waals surface area (Å²) in [6.45, 7) is 0.336. The van der Waals surface area contributed by atoms with E-state index in [9.17, 15) is 17.6 Å². The van der Waals surface area contributed by atoms with Crippen molar-refractivity contribution in [3.8, 4) is 0 Å². The molecular formula is C4H5F4. The third kappa shape index (κ3) is 1.68. The summed E-state index contributed by atoms with van der Waals surface area (Å²) in [6.07, 6.45) is -2.65. The van der Waals surface area contributed by atoms with Gasteiger partial charge in [-0.15, -0.1) is 0 Å². The van der Waals surface area contributed by atoms with Crippen molar-refractivity contribution in [1.29, 1.82) is 0 Å². The molecule has 4 heteroatoms. The number of rotatable bonds is 2. The highest BCUT2D eigenvalue weighted by Gasteiger charge is 2.36. The summed E-state index contributed by atoms with van der Waals surface area (Å²) in [5, 5.41) is 0. The second-order valence-electron chi connectivity index (χ2n) is 1.36. The average molecular weight is 129 g/mol. The Morgan fingerprint density at radius 3 is 1.88 bits per heavy atom. The van der Waals surface area contributed by atoms with Crippen LogP contribution in [0.4, 0.5) is 17.6 Å². The first-order chi connectivity index (χ1) is 3.50. The highest BCUT2D eigenvalue weighted by atomic mass is 19.3. The van der Waals surface area contributed by atoms with E-state index in [0.29, 0.717) is 0 Å². The standard InChI is InChI=1S/C4H5F4/c1-3(6)4(7,8)2-5/h3H,1-2H2. The zero-order valence-corrected chi connectivity index (χ0v) is 4.00. The van der Waals surface area contributed by atoms with Crippen LogP contribution in [0.25, 0.3) is 0 Å². The van der Waals surface area contributed by atoms with Gasteiger partial charge in [-0.05, 0) is 6.92 Å². The molecule has 0 amide bonds. The fourth-order valence-corrected chi connectivity index (χ4v) is 0.0837. The molecule has 0 N–H and O–H groups in total. The number of hydrogen-bond donors (Lipinski definition) is 0. The molecule has 0 fully saturated rings. The summed E-state index contributed by atoms with van der Waals surface area (Å²) in [4.78, 5) is 0. The zero-order chi connectivity index (χ0) is 6.78. The van der Waals surface area contributed by atoms with Gasteiger partial charge in [0.1, 0.15) is 0 Å². The van der Waals surface area contributed by atoms with Gasteiger partial charge in [-0.3, -0.25) is 0 Å². The SMILES string of the molecule is [CH2]C(F)C(F)(F)CF. The molecule has 1 atom stereocenters. The van der Waals surface area contributed by atoms with Crippen molar-refractivity contribution in [2.75, 3.05) is 6.67 Å². The summed E-state index contributed by atoms with van der Waals surface area (Å²) in [5.74, 6) is -3.90. The molecule has 1 unspecified atom stereocenters. The van der Waals surface area contributed by atoms with Crippen LogP contribution in [0.3, 0.4) is 0 Å². The molecule has 0 nitrogen and oxygen atoms in total. The molecule has 0 bridgehead atoms. The summed E-state index contributed by atoms with van der Waals surface area (Å²) in [7, 11) is 0. The van der Waals surface area contributed by atoms with E-state index >= 15 is 0 Å². The van der Waals surface area contributed by atoms with E-state index < -0.39 is 18.8 Å². The predicted octanol–water partition coefficient (Wildman–Crippen LogP) is 1.76. The monoisotopic (exact) mass is 129 g/mol. The fraction of sp³-hybridized carbons (Fsp3) is 0.750. The fourth-order valence-electron chi connectivity index (χ4n) is 0.0837. The Morgan fingerprint density at radius 1 is 1.50 bits per heavy atom. The normalized spacial score (nSPS) is 16.1. The van der Waals surface area contributed by atoms with Crippen LogP contribution in [0.1, 0.15) is 0 Å². The highest BCUT2D eigenvalue weighted by molar-refractivity contribution is 4.77.